The molecule has 0 fully saturated rings. The number of benzene rings is 1. The second kappa shape index (κ2) is 9.36. The molecule has 0 radical (unpaired) electrons. The molecule has 0 aliphatic heterocycles. The van der Waals surface area contributed by atoms with Crippen molar-refractivity contribution in [3.8, 4) is 0 Å². The first-order valence-corrected chi connectivity index (χ1v) is 9.33. The Balaban J connectivity index is 1.85. The minimum atomic E-state index is -0.184. The van der Waals surface area contributed by atoms with Crippen LogP contribution < -0.4 is 5.43 Å². The Hall–Kier alpha value is -2.15. The van der Waals surface area contributed by atoms with Gasteiger partial charge < -0.3 is 4.57 Å². The van der Waals surface area contributed by atoms with Crippen LogP contribution >= 0.6 is 11.8 Å². The lowest BCUT2D eigenvalue weighted by atomic mass is 10.1. The zero-order chi connectivity index (χ0) is 18.2. The van der Waals surface area contributed by atoms with Crippen molar-refractivity contribution in [1.82, 2.24) is 20.2 Å². The van der Waals surface area contributed by atoms with Gasteiger partial charge in [-0.3, -0.25) is 4.79 Å². The van der Waals surface area contributed by atoms with Gasteiger partial charge in [-0.2, -0.15) is 5.10 Å². The molecule has 1 aromatic carbocycles. The molecule has 1 aromatic heterocycles. The van der Waals surface area contributed by atoms with Crippen LogP contribution in [0, 0.1) is 5.92 Å². The fourth-order valence-electron chi connectivity index (χ4n) is 2.07. The monoisotopic (exact) mass is 359 g/mol. The van der Waals surface area contributed by atoms with E-state index in [0.717, 1.165) is 35.0 Å². The molecule has 134 valence electrons. The first kappa shape index (κ1) is 19.2. The van der Waals surface area contributed by atoms with Gasteiger partial charge in [0.25, 0.3) is 5.91 Å². The summed E-state index contributed by atoms with van der Waals surface area (Å²) in [5.41, 5.74) is 5.30. The second-order valence-corrected chi connectivity index (χ2v) is 7.37. The largest absolute Gasteiger partial charge is 0.312 e. The molecule has 0 aliphatic carbocycles. The number of nitrogens with one attached hydrogen (secondary N) is 1. The van der Waals surface area contributed by atoms with Gasteiger partial charge in [0.1, 0.15) is 6.33 Å². The Bertz CT molecular complexity index is 721. The summed E-state index contributed by atoms with van der Waals surface area (Å²) in [6, 6.07) is 7.54. The highest BCUT2D eigenvalue weighted by Crippen LogP contribution is 2.20. The lowest BCUT2D eigenvalue weighted by Gasteiger charge is -2.06. The van der Waals surface area contributed by atoms with Crippen LogP contribution in [0.4, 0.5) is 0 Å². The number of hydrogen-bond donors (Lipinski definition) is 1. The Morgan fingerprint density at radius 1 is 1.32 bits per heavy atom. The van der Waals surface area contributed by atoms with Crippen LogP contribution in [0.2, 0.25) is 0 Å². The summed E-state index contributed by atoms with van der Waals surface area (Å²) in [6.07, 6.45) is 3.65. The summed E-state index contributed by atoms with van der Waals surface area (Å²) in [7, 11) is 1.92. The molecule has 1 N–H and O–H groups in total. The van der Waals surface area contributed by atoms with Crippen LogP contribution in [0.25, 0.3) is 0 Å². The highest BCUT2D eigenvalue weighted by Gasteiger charge is 2.06. The van der Waals surface area contributed by atoms with Gasteiger partial charge in [0.05, 0.1) is 0 Å². The lowest BCUT2D eigenvalue weighted by molar-refractivity contribution is 0.0954. The molecule has 0 bridgehead atoms. The number of aryl methyl sites for hydroxylation is 1. The number of carbonyl (C=O) groups excluding carboxylic acids is 1. The summed E-state index contributed by atoms with van der Waals surface area (Å²) < 4.78 is 1.88. The third-order valence-electron chi connectivity index (χ3n) is 3.69. The van der Waals surface area contributed by atoms with Crippen LogP contribution in [-0.2, 0) is 12.8 Å². The number of rotatable bonds is 8. The molecule has 25 heavy (non-hydrogen) atoms. The Labute approximate surface area is 153 Å². The molecular weight excluding hydrogens is 334 g/mol. The van der Waals surface area contributed by atoms with E-state index in [2.05, 4.69) is 34.6 Å². The minimum Gasteiger partial charge on any atom is -0.312 e. The summed E-state index contributed by atoms with van der Waals surface area (Å²) in [6.45, 7) is 6.29. The van der Waals surface area contributed by atoms with E-state index in [-0.39, 0.29) is 5.91 Å². The van der Waals surface area contributed by atoms with E-state index < -0.39 is 0 Å². The van der Waals surface area contributed by atoms with Gasteiger partial charge in [-0.1, -0.05) is 37.7 Å². The van der Waals surface area contributed by atoms with Gasteiger partial charge >= 0.3 is 0 Å². The van der Waals surface area contributed by atoms with Crippen LogP contribution in [0.5, 0.6) is 0 Å². The van der Waals surface area contributed by atoms with E-state index in [0.29, 0.717) is 11.5 Å². The van der Waals surface area contributed by atoms with Crippen molar-refractivity contribution < 1.29 is 4.79 Å². The molecule has 0 spiro atoms. The highest BCUT2D eigenvalue weighted by atomic mass is 32.2. The predicted octanol–water partition coefficient (Wildman–Crippen LogP) is 3.65. The van der Waals surface area contributed by atoms with E-state index in [4.69, 9.17) is 0 Å². The second-order valence-electron chi connectivity index (χ2n) is 6.43. The molecule has 0 saturated heterocycles. The first-order valence-electron chi connectivity index (χ1n) is 8.35. The fourth-order valence-corrected chi connectivity index (χ4v) is 2.91. The average Bonchev–Trinajstić information content (AvgIpc) is 3.01. The molecule has 0 aliphatic rings. The SMILES string of the molecule is C/C(CCC(C)C)=N/NC(=O)c1ccc(CSc2nncn2C)cc1. The van der Waals surface area contributed by atoms with Gasteiger partial charge in [-0.15, -0.1) is 10.2 Å². The maximum Gasteiger partial charge on any atom is 0.271 e. The first-order chi connectivity index (χ1) is 12.0. The van der Waals surface area contributed by atoms with E-state index >= 15 is 0 Å². The maximum atomic E-state index is 12.1. The van der Waals surface area contributed by atoms with Crippen molar-refractivity contribution in [1.29, 1.82) is 0 Å². The number of aromatic nitrogens is 3. The fraction of sp³-hybridized carbons (Fsp3) is 0.444. The van der Waals surface area contributed by atoms with Gasteiger partial charge in [0, 0.05) is 24.1 Å². The minimum absolute atomic E-state index is 0.184. The summed E-state index contributed by atoms with van der Waals surface area (Å²) >= 11 is 1.61. The zero-order valence-corrected chi connectivity index (χ0v) is 16.0. The number of amides is 1. The van der Waals surface area contributed by atoms with E-state index in [1.54, 1.807) is 18.1 Å². The standard InChI is InChI=1S/C18H25N5OS/c1-13(2)5-6-14(3)20-21-17(24)16-9-7-15(8-10-16)11-25-18-22-19-12-23(18)4/h7-10,12-13H,5-6,11H2,1-4H3,(H,21,24)/b20-14-. The van der Waals surface area contributed by atoms with Crippen molar-refractivity contribution in [2.45, 2.75) is 44.5 Å². The number of hydrogen-bond acceptors (Lipinski definition) is 5. The highest BCUT2D eigenvalue weighted by molar-refractivity contribution is 7.98. The van der Waals surface area contributed by atoms with Gasteiger partial charge in [0.15, 0.2) is 5.16 Å². The Morgan fingerprint density at radius 3 is 2.64 bits per heavy atom. The molecule has 6 nitrogen and oxygen atoms in total. The van der Waals surface area contributed by atoms with Crippen molar-refractivity contribution in [3.63, 3.8) is 0 Å². The van der Waals surface area contributed by atoms with Crippen molar-refractivity contribution >= 4 is 23.4 Å². The quantitative estimate of drug-likeness (QED) is 0.444. The Morgan fingerprint density at radius 2 is 2.04 bits per heavy atom. The molecule has 2 rings (SSSR count). The number of hydrazone groups is 1. The van der Waals surface area contributed by atoms with E-state index in [1.807, 2.05) is 42.8 Å². The number of thioether (sulfide) groups is 1. The van der Waals surface area contributed by atoms with Gasteiger partial charge in [-0.05, 0) is 43.4 Å². The van der Waals surface area contributed by atoms with Crippen molar-refractivity contribution in [2.24, 2.45) is 18.1 Å². The molecule has 0 saturated carbocycles. The van der Waals surface area contributed by atoms with Crippen LogP contribution in [-0.4, -0.2) is 26.4 Å². The number of nitrogens with zero attached hydrogens (tertiary/aromatic N) is 4. The molecule has 7 heteroatoms. The molecule has 0 atom stereocenters. The third kappa shape index (κ3) is 6.34. The smallest absolute Gasteiger partial charge is 0.271 e. The maximum absolute atomic E-state index is 12.1. The molecule has 2 aromatic rings. The predicted molar refractivity (Wildman–Crippen MR) is 102 cm³/mol. The summed E-state index contributed by atoms with van der Waals surface area (Å²) in [4.78, 5) is 12.1. The molecule has 0 unspecified atom stereocenters. The van der Waals surface area contributed by atoms with Crippen molar-refractivity contribution in [2.75, 3.05) is 0 Å². The Kier molecular flexibility index (Phi) is 7.18. The van der Waals surface area contributed by atoms with E-state index in [9.17, 15) is 4.79 Å². The third-order valence-corrected chi connectivity index (χ3v) is 4.79. The number of carbonyl (C=O) groups is 1. The summed E-state index contributed by atoms with van der Waals surface area (Å²) in [5, 5.41) is 12.9. The molecular formula is C18H25N5OS. The average molecular weight is 359 g/mol. The topological polar surface area (TPSA) is 72.2 Å². The van der Waals surface area contributed by atoms with Gasteiger partial charge in [0.2, 0.25) is 0 Å². The lowest BCUT2D eigenvalue weighted by Crippen LogP contribution is -2.19. The van der Waals surface area contributed by atoms with Crippen molar-refractivity contribution in [3.05, 3.63) is 41.7 Å². The molecule has 1 heterocycles. The summed E-state index contributed by atoms with van der Waals surface area (Å²) in [5.74, 6) is 1.23. The van der Waals surface area contributed by atoms with Crippen LogP contribution in [0.15, 0.2) is 40.9 Å². The van der Waals surface area contributed by atoms with E-state index in [1.165, 1.54) is 0 Å². The zero-order valence-electron chi connectivity index (χ0n) is 15.2. The molecule has 1 amide bonds. The van der Waals surface area contributed by atoms with Crippen LogP contribution in [0.3, 0.4) is 0 Å². The van der Waals surface area contributed by atoms with Gasteiger partial charge in [-0.25, -0.2) is 5.43 Å². The van der Waals surface area contributed by atoms with Crippen LogP contribution in [0.1, 0.15) is 49.5 Å². The normalized spacial score (nSPS) is 11.8.